The van der Waals surface area contributed by atoms with Crippen molar-refractivity contribution in [1.82, 2.24) is 9.29 Å². The molecule has 0 spiro atoms. The molecule has 6 heteroatoms. The highest BCUT2D eigenvalue weighted by molar-refractivity contribution is 7.89. The van der Waals surface area contributed by atoms with Gasteiger partial charge in [0, 0.05) is 31.0 Å². The molecule has 116 valence electrons. The number of hydrogen-bond donors (Lipinski definition) is 1. The van der Waals surface area contributed by atoms with Crippen LogP contribution < -0.4 is 0 Å². The number of hydrogen-bond acceptors (Lipinski definition) is 4. The van der Waals surface area contributed by atoms with Crippen LogP contribution in [0.5, 0.6) is 0 Å². The number of aliphatic hydroxyl groups excluding tert-OH is 1. The molecule has 21 heavy (non-hydrogen) atoms. The molecular formula is C15H22N2O3S. The minimum absolute atomic E-state index is 0.0952. The van der Waals surface area contributed by atoms with E-state index in [0.29, 0.717) is 11.5 Å². The van der Waals surface area contributed by atoms with Gasteiger partial charge < -0.3 is 5.11 Å². The van der Waals surface area contributed by atoms with E-state index in [1.54, 1.807) is 7.05 Å². The summed E-state index contributed by atoms with van der Waals surface area (Å²) < 4.78 is 26.5. The first-order valence-corrected chi connectivity index (χ1v) is 8.25. The van der Waals surface area contributed by atoms with Crippen LogP contribution in [-0.4, -0.2) is 42.5 Å². The number of sulfonamides is 1. The number of pyridine rings is 1. The molecule has 0 bridgehead atoms. The minimum atomic E-state index is -3.59. The van der Waals surface area contributed by atoms with Crippen molar-refractivity contribution in [2.75, 3.05) is 13.7 Å². The lowest BCUT2D eigenvalue weighted by molar-refractivity contribution is 0.337. The van der Waals surface area contributed by atoms with Gasteiger partial charge in [-0.3, -0.25) is 4.98 Å². The first kappa shape index (κ1) is 17.6. The lowest BCUT2D eigenvalue weighted by Crippen LogP contribution is -2.36. The van der Waals surface area contributed by atoms with E-state index in [9.17, 15) is 8.42 Å². The molecule has 1 atom stereocenters. The molecule has 1 aromatic rings. The maximum absolute atomic E-state index is 12.6. The van der Waals surface area contributed by atoms with Gasteiger partial charge in [-0.1, -0.05) is 25.7 Å². The Labute approximate surface area is 127 Å². The summed E-state index contributed by atoms with van der Waals surface area (Å²) in [5.74, 6) is 5.55. The zero-order valence-electron chi connectivity index (χ0n) is 12.9. The second-order valence-electron chi connectivity index (χ2n) is 5.37. The van der Waals surface area contributed by atoms with Crippen molar-refractivity contribution in [3.05, 3.63) is 24.0 Å². The van der Waals surface area contributed by atoms with Crippen LogP contribution in [0.25, 0.3) is 0 Å². The van der Waals surface area contributed by atoms with Crippen molar-refractivity contribution < 1.29 is 13.5 Å². The van der Waals surface area contributed by atoms with E-state index in [-0.39, 0.29) is 17.5 Å². The Balaban J connectivity index is 3.07. The van der Waals surface area contributed by atoms with Crippen LogP contribution in [0.2, 0.25) is 0 Å². The van der Waals surface area contributed by atoms with E-state index < -0.39 is 10.0 Å². The fourth-order valence-electron chi connectivity index (χ4n) is 2.00. The number of aliphatic hydroxyl groups is 1. The van der Waals surface area contributed by atoms with Crippen LogP contribution in [-0.2, 0) is 10.0 Å². The smallest absolute Gasteiger partial charge is 0.244 e. The van der Waals surface area contributed by atoms with Crippen molar-refractivity contribution in [3.63, 3.8) is 0 Å². The quantitative estimate of drug-likeness (QED) is 0.836. The van der Waals surface area contributed by atoms with E-state index in [1.165, 1.54) is 22.8 Å². The third kappa shape index (κ3) is 4.81. The Kier molecular flexibility index (Phi) is 6.34. The molecule has 0 aromatic carbocycles. The van der Waals surface area contributed by atoms with E-state index in [1.807, 2.05) is 6.92 Å². The molecule has 1 N–H and O–H groups in total. The molecule has 1 aromatic heterocycles. The summed E-state index contributed by atoms with van der Waals surface area (Å²) in [7, 11) is -2.01. The Morgan fingerprint density at radius 3 is 2.57 bits per heavy atom. The highest BCUT2D eigenvalue weighted by Gasteiger charge is 2.26. The topological polar surface area (TPSA) is 70.5 Å². The second kappa shape index (κ2) is 7.55. The van der Waals surface area contributed by atoms with Crippen LogP contribution in [0.15, 0.2) is 23.4 Å². The number of nitrogens with zero attached hydrogens (tertiary/aromatic N) is 2. The van der Waals surface area contributed by atoms with E-state index in [4.69, 9.17) is 5.11 Å². The van der Waals surface area contributed by atoms with Gasteiger partial charge in [0.15, 0.2) is 0 Å². The SMILES string of the molecule is CC(C)CC(C)N(C)S(=O)(=O)c1cncc(C#CCO)c1. The second-order valence-corrected chi connectivity index (χ2v) is 7.37. The monoisotopic (exact) mass is 310 g/mol. The van der Waals surface area contributed by atoms with Gasteiger partial charge in [0.1, 0.15) is 11.5 Å². The van der Waals surface area contributed by atoms with Gasteiger partial charge in [0.25, 0.3) is 0 Å². The highest BCUT2D eigenvalue weighted by Crippen LogP contribution is 2.19. The zero-order chi connectivity index (χ0) is 16.0. The predicted octanol–water partition coefficient (Wildman–Crippen LogP) is 1.48. The van der Waals surface area contributed by atoms with Crippen LogP contribution >= 0.6 is 0 Å². The Morgan fingerprint density at radius 1 is 1.33 bits per heavy atom. The third-order valence-electron chi connectivity index (χ3n) is 3.14. The van der Waals surface area contributed by atoms with Crippen molar-refractivity contribution in [1.29, 1.82) is 0 Å². The van der Waals surface area contributed by atoms with Gasteiger partial charge >= 0.3 is 0 Å². The predicted molar refractivity (Wildman–Crippen MR) is 82.1 cm³/mol. The minimum Gasteiger partial charge on any atom is -0.384 e. The maximum atomic E-state index is 12.6. The Hall–Kier alpha value is -1.42. The average Bonchev–Trinajstić information content (AvgIpc) is 2.43. The van der Waals surface area contributed by atoms with Crippen molar-refractivity contribution in [2.45, 2.75) is 38.1 Å². The molecule has 0 saturated heterocycles. The molecule has 0 aliphatic rings. The van der Waals surface area contributed by atoms with Crippen LogP contribution in [0, 0.1) is 17.8 Å². The van der Waals surface area contributed by atoms with Crippen LogP contribution in [0.4, 0.5) is 0 Å². The van der Waals surface area contributed by atoms with E-state index in [2.05, 4.69) is 30.7 Å². The Morgan fingerprint density at radius 2 is 2.00 bits per heavy atom. The van der Waals surface area contributed by atoms with Gasteiger partial charge in [-0.05, 0) is 25.3 Å². The summed E-state index contributed by atoms with van der Waals surface area (Å²) in [4.78, 5) is 4.03. The molecule has 0 fully saturated rings. The van der Waals surface area contributed by atoms with Crippen molar-refractivity contribution >= 4 is 10.0 Å². The summed E-state index contributed by atoms with van der Waals surface area (Å²) in [5, 5.41) is 8.68. The van der Waals surface area contributed by atoms with Crippen LogP contribution in [0.3, 0.4) is 0 Å². The molecule has 1 unspecified atom stereocenters. The molecule has 0 saturated carbocycles. The normalized spacial score (nSPS) is 13.1. The lowest BCUT2D eigenvalue weighted by Gasteiger charge is -2.25. The van der Waals surface area contributed by atoms with Gasteiger partial charge in [-0.25, -0.2) is 8.42 Å². The molecule has 0 amide bonds. The summed E-state index contributed by atoms with van der Waals surface area (Å²) >= 11 is 0. The van der Waals surface area contributed by atoms with Gasteiger partial charge in [0.05, 0.1) is 0 Å². The number of aromatic nitrogens is 1. The molecule has 0 aliphatic carbocycles. The summed E-state index contributed by atoms with van der Waals surface area (Å²) in [6.07, 6.45) is 3.57. The largest absolute Gasteiger partial charge is 0.384 e. The lowest BCUT2D eigenvalue weighted by atomic mass is 10.1. The molecular weight excluding hydrogens is 288 g/mol. The summed E-state index contributed by atoms with van der Waals surface area (Å²) in [5.41, 5.74) is 0.468. The molecule has 0 radical (unpaired) electrons. The average molecular weight is 310 g/mol. The first-order chi connectivity index (χ1) is 9.78. The maximum Gasteiger partial charge on any atom is 0.244 e. The third-order valence-corrected chi connectivity index (χ3v) is 5.07. The standard InChI is InChI=1S/C15H22N2O3S/c1-12(2)8-13(3)17(4)21(19,20)15-9-14(6-5-7-18)10-16-11-15/h9-13,18H,7-8H2,1-4H3. The fraction of sp³-hybridized carbons (Fsp3) is 0.533. The van der Waals surface area contributed by atoms with E-state index in [0.717, 1.165) is 6.42 Å². The first-order valence-electron chi connectivity index (χ1n) is 6.81. The molecule has 5 nitrogen and oxygen atoms in total. The Bertz CT molecular complexity index is 630. The fourth-order valence-corrected chi connectivity index (χ4v) is 3.37. The summed E-state index contributed by atoms with van der Waals surface area (Å²) in [6.45, 7) is 5.73. The van der Waals surface area contributed by atoms with Crippen molar-refractivity contribution in [3.8, 4) is 11.8 Å². The van der Waals surface area contributed by atoms with E-state index >= 15 is 0 Å². The van der Waals surface area contributed by atoms with Crippen LogP contribution in [0.1, 0.15) is 32.8 Å². The van der Waals surface area contributed by atoms with Gasteiger partial charge in [0.2, 0.25) is 10.0 Å². The van der Waals surface area contributed by atoms with Gasteiger partial charge in [-0.2, -0.15) is 4.31 Å². The molecule has 1 heterocycles. The zero-order valence-corrected chi connectivity index (χ0v) is 13.7. The number of rotatable bonds is 5. The summed E-state index contributed by atoms with van der Waals surface area (Å²) in [6, 6.07) is 1.38. The molecule has 1 rings (SSSR count). The van der Waals surface area contributed by atoms with Crippen molar-refractivity contribution in [2.24, 2.45) is 5.92 Å². The highest BCUT2D eigenvalue weighted by atomic mass is 32.2. The van der Waals surface area contributed by atoms with Gasteiger partial charge in [-0.15, -0.1) is 0 Å². The molecule has 0 aliphatic heterocycles.